The van der Waals surface area contributed by atoms with Crippen molar-refractivity contribution in [2.75, 3.05) is 13.2 Å². The fourth-order valence-electron chi connectivity index (χ4n) is 3.85. The molecule has 2 atom stereocenters. The van der Waals surface area contributed by atoms with Gasteiger partial charge in [-0.05, 0) is 68.3 Å². The minimum Gasteiger partial charge on any atom is -0.487 e. The maximum absolute atomic E-state index is 14.6. The SMILES string of the molecule is C=C/C=C(\OCC)Sc1c(CC)ncnc1O[C@H](c1ccc(Cl)cc1C1CC=CC(C)=NC1)C(F)(F)F. The summed E-state index contributed by atoms with van der Waals surface area (Å²) in [5.74, 6) is -0.467. The third-order valence-electron chi connectivity index (χ3n) is 5.56. The van der Waals surface area contributed by atoms with Gasteiger partial charge in [-0.25, -0.2) is 9.97 Å². The van der Waals surface area contributed by atoms with Crippen LogP contribution in [-0.4, -0.2) is 35.0 Å². The number of aryl methyl sites for hydroxylation is 1. The van der Waals surface area contributed by atoms with E-state index in [9.17, 15) is 13.2 Å². The van der Waals surface area contributed by atoms with E-state index in [0.717, 1.165) is 17.5 Å². The van der Waals surface area contributed by atoms with Crippen molar-refractivity contribution in [2.24, 2.45) is 4.99 Å². The van der Waals surface area contributed by atoms with Gasteiger partial charge in [-0.1, -0.05) is 43.3 Å². The molecule has 0 fully saturated rings. The molecule has 0 N–H and O–H groups in total. The maximum atomic E-state index is 14.6. The summed E-state index contributed by atoms with van der Waals surface area (Å²) in [4.78, 5) is 13.2. The molecule has 0 bridgehead atoms. The van der Waals surface area contributed by atoms with Crippen molar-refractivity contribution >= 4 is 29.1 Å². The van der Waals surface area contributed by atoms with E-state index in [4.69, 9.17) is 21.1 Å². The molecule has 0 spiro atoms. The highest BCUT2D eigenvalue weighted by atomic mass is 35.5. The average Bonchev–Trinajstić information content (AvgIpc) is 3.07. The molecule has 0 saturated carbocycles. The second kappa shape index (κ2) is 13.1. The van der Waals surface area contributed by atoms with Crippen molar-refractivity contribution in [3.8, 4) is 5.88 Å². The van der Waals surface area contributed by atoms with Gasteiger partial charge in [0.2, 0.25) is 12.0 Å². The Kier molecular flexibility index (Phi) is 10.2. The summed E-state index contributed by atoms with van der Waals surface area (Å²) in [5.41, 5.74) is 1.78. The summed E-state index contributed by atoms with van der Waals surface area (Å²) >= 11 is 7.34. The number of aromatic nitrogens is 2. The first-order chi connectivity index (χ1) is 17.7. The van der Waals surface area contributed by atoms with Crippen molar-refractivity contribution in [1.29, 1.82) is 0 Å². The number of allylic oxidation sites excluding steroid dienone is 4. The van der Waals surface area contributed by atoms with Gasteiger partial charge in [-0.2, -0.15) is 13.2 Å². The number of ether oxygens (including phenoxy) is 2. The number of benzene rings is 1. The Morgan fingerprint density at radius 2 is 2.08 bits per heavy atom. The molecule has 1 aromatic heterocycles. The first-order valence-electron chi connectivity index (χ1n) is 11.8. The van der Waals surface area contributed by atoms with Gasteiger partial charge in [0.05, 0.1) is 17.2 Å². The first-order valence-corrected chi connectivity index (χ1v) is 13.0. The third-order valence-corrected chi connectivity index (χ3v) is 6.87. The molecule has 198 valence electrons. The highest BCUT2D eigenvalue weighted by Gasteiger charge is 2.45. The average molecular weight is 552 g/mol. The number of halogens is 4. The van der Waals surface area contributed by atoms with Crippen molar-refractivity contribution in [1.82, 2.24) is 9.97 Å². The largest absolute Gasteiger partial charge is 0.487 e. The Morgan fingerprint density at radius 1 is 1.30 bits per heavy atom. The maximum Gasteiger partial charge on any atom is 0.429 e. The van der Waals surface area contributed by atoms with E-state index in [1.807, 2.05) is 32.9 Å². The van der Waals surface area contributed by atoms with Gasteiger partial charge in [0.15, 0.2) is 5.09 Å². The van der Waals surface area contributed by atoms with Crippen LogP contribution in [0.25, 0.3) is 0 Å². The molecule has 3 rings (SSSR count). The van der Waals surface area contributed by atoms with Crippen LogP contribution in [0.1, 0.15) is 56.0 Å². The quantitative estimate of drug-likeness (QED) is 0.170. The Morgan fingerprint density at radius 3 is 2.76 bits per heavy atom. The van der Waals surface area contributed by atoms with Crippen LogP contribution in [0.3, 0.4) is 0 Å². The van der Waals surface area contributed by atoms with Crippen molar-refractivity contribution in [2.45, 2.75) is 56.7 Å². The van der Waals surface area contributed by atoms with Gasteiger partial charge in [0.25, 0.3) is 0 Å². The highest BCUT2D eigenvalue weighted by molar-refractivity contribution is 8.03. The Labute approximate surface area is 224 Å². The van der Waals surface area contributed by atoms with Crippen molar-refractivity contribution < 1.29 is 22.6 Å². The Bertz CT molecular complexity index is 1200. The molecular formula is C27H29ClF3N3O2S. The zero-order valence-corrected chi connectivity index (χ0v) is 22.5. The van der Waals surface area contributed by atoms with E-state index in [0.29, 0.717) is 52.3 Å². The molecule has 1 unspecified atom stereocenters. The number of thioether (sulfide) groups is 1. The zero-order chi connectivity index (χ0) is 27.0. The lowest BCUT2D eigenvalue weighted by Gasteiger charge is -2.27. The van der Waals surface area contributed by atoms with Gasteiger partial charge in [-0.15, -0.1) is 0 Å². The number of aliphatic imine (C=N–C) groups is 1. The van der Waals surface area contributed by atoms with Gasteiger partial charge < -0.3 is 9.47 Å². The molecule has 5 nitrogen and oxygen atoms in total. The van der Waals surface area contributed by atoms with Crippen LogP contribution in [0, 0.1) is 0 Å². The lowest BCUT2D eigenvalue weighted by Crippen LogP contribution is -2.28. The normalized spacial score (nSPS) is 17.1. The molecule has 10 heteroatoms. The van der Waals surface area contributed by atoms with E-state index in [1.54, 1.807) is 12.1 Å². The standard InChI is InChI=1S/C27H29ClF3N3O2S/c1-5-9-23(35-7-3)37-24-22(6-2)33-16-34-26(24)36-25(27(29,30)31)20-13-12-19(28)14-21(20)18-11-8-10-17(4)32-15-18/h5,8-10,12-14,16,18,25H,1,6-7,11,15H2,2-4H3/b23-9+/t18?,25-/m1/s1. The van der Waals surface area contributed by atoms with Crippen LogP contribution in [0.15, 0.2) is 70.4 Å². The summed E-state index contributed by atoms with van der Waals surface area (Å²) in [6, 6.07) is 4.39. The molecule has 0 radical (unpaired) electrons. The van der Waals surface area contributed by atoms with Crippen LogP contribution >= 0.6 is 23.4 Å². The fraction of sp³-hybridized carbons (Fsp3) is 0.370. The van der Waals surface area contributed by atoms with E-state index in [2.05, 4.69) is 21.5 Å². The number of hydrogen-bond acceptors (Lipinski definition) is 6. The predicted molar refractivity (Wildman–Crippen MR) is 143 cm³/mol. The molecule has 0 aliphatic carbocycles. The Hall–Kier alpha value is -2.78. The van der Waals surface area contributed by atoms with Gasteiger partial charge >= 0.3 is 6.18 Å². The van der Waals surface area contributed by atoms with Crippen LogP contribution in [-0.2, 0) is 11.2 Å². The van der Waals surface area contributed by atoms with Crippen LogP contribution in [0.4, 0.5) is 13.2 Å². The van der Waals surface area contributed by atoms with E-state index in [-0.39, 0.29) is 17.4 Å². The molecule has 0 saturated heterocycles. The van der Waals surface area contributed by atoms with Gasteiger partial charge in [-0.3, -0.25) is 4.99 Å². The molecule has 1 aliphatic heterocycles. The monoisotopic (exact) mass is 551 g/mol. The summed E-state index contributed by atoms with van der Waals surface area (Å²) in [7, 11) is 0. The summed E-state index contributed by atoms with van der Waals surface area (Å²) in [5, 5.41) is 0.789. The van der Waals surface area contributed by atoms with Crippen LogP contribution in [0.2, 0.25) is 5.02 Å². The lowest BCUT2D eigenvalue weighted by molar-refractivity contribution is -0.199. The summed E-state index contributed by atoms with van der Waals surface area (Å²) in [6.45, 7) is 9.91. The lowest BCUT2D eigenvalue weighted by atomic mass is 9.89. The van der Waals surface area contributed by atoms with E-state index < -0.39 is 12.3 Å². The smallest absolute Gasteiger partial charge is 0.429 e. The van der Waals surface area contributed by atoms with Gasteiger partial charge in [0.1, 0.15) is 6.33 Å². The number of nitrogens with zero attached hydrogens (tertiary/aromatic N) is 3. The second-order valence-corrected chi connectivity index (χ2v) is 9.65. The molecular weight excluding hydrogens is 523 g/mol. The molecule has 2 heterocycles. The van der Waals surface area contributed by atoms with Crippen LogP contribution < -0.4 is 4.74 Å². The zero-order valence-electron chi connectivity index (χ0n) is 20.9. The van der Waals surface area contributed by atoms with E-state index >= 15 is 0 Å². The highest BCUT2D eigenvalue weighted by Crippen LogP contribution is 2.44. The minimum absolute atomic E-state index is 0.0238. The molecule has 37 heavy (non-hydrogen) atoms. The predicted octanol–water partition coefficient (Wildman–Crippen LogP) is 8.04. The number of alkyl halides is 3. The summed E-state index contributed by atoms with van der Waals surface area (Å²) in [6.07, 6.45) is 2.13. The minimum atomic E-state index is -4.73. The fourth-order valence-corrected chi connectivity index (χ4v) is 5.07. The molecule has 1 aliphatic rings. The molecule has 0 amide bonds. The van der Waals surface area contributed by atoms with Gasteiger partial charge in [0, 0.05) is 28.8 Å². The first kappa shape index (κ1) is 28.8. The number of rotatable bonds is 10. The second-order valence-electron chi connectivity index (χ2n) is 8.19. The summed E-state index contributed by atoms with van der Waals surface area (Å²) < 4.78 is 55.1. The molecule has 2 aromatic rings. The topological polar surface area (TPSA) is 56.6 Å². The van der Waals surface area contributed by atoms with E-state index in [1.165, 1.54) is 24.5 Å². The van der Waals surface area contributed by atoms with Crippen LogP contribution in [0.5, 0.6) is 5.88 Å². The van der Waals surface area contributed by atoms with Crippen molar-refractivity contribution in [3.05, 3.63) is 82.3 Å². The van der Waals surface area contributed by atoms with Crippen molar-refractivity contribution in [3.63, 3.8) is 0 Å². The third kappa shape index (κ3) is 7.61. The molecule has 1 aromatic carbocycles. The Balaban J connectivity index is 2.09. The number of hydrogen-bond donors (Lipinski definition) is 0.